The van der Waals surface area contributed by atoms with Crippen molar-refractivity contribution in [3.63, 3.8) is 0 Å². The second-order valence-electron chi connectivity index (χ2n) is 7.53. The normalized spacial score (nSPS) is 15.0. The van der Waals surface area contributed by atoms with Crippen LogP contribution in [0.5, 0.6) is 5.75 Å². The maximum atomic E-state index is 13.3. The van der Waals surface area contributed by atoms with Gasteiger partial charge in [-0.25, -0.2) is 9.69 Å². The summed E-state index contributed by atoms with van der Waals surface area (Å²) in [7, 11) is -4.38. The average Bonchev–Trinajstić information content (AvgIpc) is 2.84. The minimum Gasteiger partial charge on any atom is -0.377 e. The zero-order valence-electron chi connectivity index (χ0n) is 18.6. The Morgan fingerprint density at radius 2 is 1.71 bits per heavy atom. The molecule has 1 N–H and O–H groups in total. The molecule has 15 heteroatoms. The van der Waals surface area contributed by atoms with Crippen LogP contribution in [0.4, 0.5) is 16.2 Å². The van der Waals surface area contributed by atoms with Gasteiger partial charge in [-0.15, -0.1) is 0 Å². The van der Waals surface area contributed by atoms with Crippen LogP contribution < -0.4 is 14.4 Å². The molecule has 0 aromatic heterocycles. The fourth-order valence-electron chi connectivity index (χ4n) is 3.33. The van der Waals surface area contributed by atoms with E-state index in [1.807, 2.05) is 5.32 Å². The summed E-state index contributed by atoms with van der Waals surface area (Å²) in [4.78, 5) is 49.2. The minimum atomic E-state index is -4.38. The van der Waals surface area contributed by atoms with Gasteiger partial charge < -0.3 is 4.18 Å². The first-order chi connectivity index (χ1) is 17.9. The zero-order chi connectivity index (χ0) is 27.8. The molecule has 3 aromatic rings. The molecule has 1 fully saturated rings. The molecule has 1 aliphatic rings. The van der Waals surface area contributed by atoms with Crippen LogP contribution in [-0.4, -0.2) is 31.2 Å². The van der Waals surface area contributed by atoms with Crippen molar-refractivity contribution in [1.82, 2.24) is 5.32 Å². The van der Waals surface area contributed by atoms with Gasteiger partial charge in [0.1, 0.15) is 10.5 Å². The number of amides is 4. The lowest BCUT2D eigenvalue weighted by molar-refractivity contribution is -0.384. The van der Waals surface area contributed by atoms with Gasteiger partial charge in [0.2, 0.25) is 0 Å². The first-order valence-electron chi connectivity index (χ1n) is 10.2. The number of carbonyl (C=O) groups is 3. The third-order valence-electron chi connectivity index (χ3n) is 5.03. The number of carbonyl (C=O) groups excluding carboxylic acids is 3. The molecular formula is C23H12Br2ClN3O8S. The SMILES string of the molecule is O=C1NC(=O)N(c2cccc([N+](=O)[O-])c2)C(=O)/C1=C/c1cc(Br)cc(Br)c1OS(=O)(=O)c1ccc(Cl)cc1. The number of nitrogens with zero attached hydrogens (tertiary/aromatic N) is 2. The molecule has 1 aliphatic heterocycles. The van der Waals surface area contributed by atoms with E-state index in [0.717, 1.165) is 12.1 Å². The van der Waals surface area contributed by atoms with Gasteiger partial charge in [-0.05, 0) is 64.5 Å². The molecule has 38 heavy (non-hydrogen) atoms. The van der Waals surface area contributed by atoms with Crippen molar-refractivity contribution in [2.75, 3.05) is 4.90 Å². The monoisotopic (exact) mass is 683 g/mol. The molecule has 4 amide bonds. The number of benzene rings is 3. The molecule has 0 atom stereocenters. The fourth-order valence-corrected chi connectivity index (χ4v) is 5.87. The summed E-state index contributed by atoms with van der Waals surface area (Å²) in [5.74, 6) is -2.42. The molecule has 1 saturated heterocycles. The second kappa shape index (κ2) is 10.6. The molecule has 0 saturated carbocycles. The van der Waals surface area contributed by atoms with Gasteiger partial charge in [0, 0.05) is 27.2 Å². The van der Waals surface area contributed by atoms with Gasteiger partial charge >= 0.3 is 16.1 Å². The highest BCUT2D eigenvalue weighted by Gasteiger charge is 2.37. The number of hydrogen-bond donors (Lipinski definition) is 1. The second-order valence-corrected chi connectivity index (χ2v) is 11.3. The number of nitrogens with one attached hydrogen (secondary N) is 1. The maximum absolute atomic E-state index is 13.3. The molecule has 0 radical (unpaired) electrons. The van der Waals surface area contributed by atoms with Crippen LogP contribution in [0.2, 0.25) is 5.02 Å². The Hall–Kier alpha value is -3.59. The number of nitro benzene ring substituents is 1. The number of nitro groups is 1. The lowest BCUT2D eigenvalue weighted by Crippen LogP contribution is -2.54. The van der Waals surface area contributed by atoms with E-state index in [4.69, 9.17) is 15.8 Å². The lowest BCUT2D eigenvalue weighted by atomic mass is 10.1. The molecular weight excluding hydrogens is 674 g/mol. The molecule has 1 heterocycles. The number of non-ortho nitro benzene ring substituents is 1. The molecule has 0 spiro atoms. The van der Waals surface area contributed by atoms with Crippen LogP contribution in [0, 0.1) is 10.1 Å². The van der Waals surface area contributed by atoms with Gasteiger partial charge in [0.25, 0.3) is 17.5 Å². The smallest absolute Gasteiger partial charge is 0.339 e. The van der Waals surface area contributed by atoms with Crippen molar-refractivity contribution in [2.45, 2.75) is 4.90 Å². The van der Waals surface area contributed by atoms with E-state index in [0.29, 0.717) is 14.4 Å². The van der Waals surface area contributed by atoms with E-state index < -0.39 is 38.5 Å². The Labute approximate surface area is 236 Å². The summed E-state index contributed by atoms with van der Waals surface area (Å²) in [6.45, 7) is 0. The van der Waals surface area contributed by atoms with Crippen LogP contribution in [0.15, 0.2) is 80.1 Å². The van der Waals surface area contributed by atoms with E-state index in [1.165, 1.54) is 54.6 Å². The number of rotatable bonds is 6. The van der Waals surface area contributed by atoms with Crippen molar-refractivity contribution < 1.29 is 31.9 Å². The molecule has 0 bridgehead atoms. The summed E-state index contributed by atoms with van der Waals surface area (Å²) in [6, 6.07) is 11.7. The van der Waals surface area contributed by atoms with E-state index >= 15 is 0 Å². The Kier molecular flexibility index (Phi) is 7.69. The van der Waals surface area contributed by atoms with Crippen LogP contribution >= 0.6 is 43.5 Å². The number of urea groups is 1. The largest absolute Gasteiger partial charge is 0.377 e. The average molecular weight is 686 g/mol. The number of imide groups is 2. The van der Waals surface area contributed by atoms with Crippen LogP contribution in [0.3, 0.4) is 0 Å². The van der Waals surface area contributed by atoms with Gasteiger partial charge in [0.15, 0.2) is 5.75 Å². The molecule has 3 aromatic carbocycles. The Morgan fingerprint density at radius 3 is 2.37 bits per heavy atom. The highest BCUT2D eigenvalue weighted by atomic mass is 79.9. The number of barbiturate groups is 1. The van der Waals surface area contributed by atoms with Gasteiger partial charge in [-0.2, -0.15) is 8.42 Å². The maximum Gasteiger partial charge on any atom is 0.339 e. The predicted octanol–water partition coefficient (Wildman–Crippen LogP) is 5.21. The van der Waals surface area contributed by atoms with Crippen molar-refractivity contribution in [1.29, 1.82) is 0 Å². The van der Waals surface area contributed by atoms with Gasteiger partial charge in [-0.3, -0.25) is 25.0 Å². The van der Waals surface area contributed by atoms with Crippen molar-refractivity contribution in [2.24, 2.45) is 0 Å². The highest BCUT2D eigenvalue weighted by molar-refractivity contribution is 9.11. The van der Waals surface area contributed by atoms with E-state index in [1.54, 1.807) is 0 Å². The summed E-state index contributed by atoms with van der Waals surface area (Å²) in [5, 5.41) is 13.5. The summed E-state index contributed by atoms with van der Waals surface area (Å²) in [6.07, 6.45) is 1.04. The van der Waals surface area contributed by atoms with E-state index in [-0.39, 0.29) is 32.1 Å². The predicted molar refractivity (Wildman–Crippen MR) is 143 cm³/mol. The van der Waals surface area contributed by atoms with Crippen LogP contribution in [0.1, 0.15) is 5.56 Å². The standard InChI is InChI=1S/C23H12Br2ClN3O8S/c24-13-8-12(20(19(25)10-13)37-38(35,36)17-6-4-14(26)5-7-17)9-18-21(30)27-23(32)28(22(18)31)15-2-1-3-16(11-15)29(33)34/h1-11H,(H,27,30,32)/b18-9+. The van der Waals surface area contributed by atoms with Gasteiger partial charge in [-0.1, -0.05) is 33.6 Å². The molecule has 0 unspecified atom stereocenters. The molecule has 0 aliphatic carbocycles. The molecule has 11 nitrogen and oxygen atoms in total. The minimum absolute atomic E-state index is 0.0179. The van der Waals surface area contributed by atoms with Gasteiger partial charge in [0.05, 0.1) is 15.1 Å². The highest BCUT2D eigenvalue weighted by Crippen LogP contribution is 2.37. The summed E-state index contributed by atoms with van der Waals surface area (Å²) < 4.78 is 31.8. The Bertz CT molecular complexity index is 1660. The first-order valence-corrected chi connectivity index (χ1v) is 13.6. The van der Waals surface area contributed by atoms with Crippen LogP contribution in [0.25, 0.3) is 6.08 Å². The summed E-state index contributed by atoms with van der Waals surface area (Å²) in [5.41, 5.74) is -1.12. The third-order valence-corrected chi connectivity index (χ3v) is 7.57. The topological polar surface area (TPSA) is 153 Å². The number of hydrogen-bond acceptors (Lipinski definition) is 8. The molecule has 194 valence electrons. The van der Waals surface area contributed by atoms with E-state index in [2.05, 4.69) is 31.9 Å². The zero-order valence-corrected chi connectivity index (χ0v) is 23.3. The Balaban J connectivity index is 1.79. The van der Waals surface area contributed by atoms with Crippen molar-refractivity contribution >= 4 is 88.9 Å². The third kappa shape index (κ3) is 5.62. The summed E-state index contributed by atoms with van der Waals surface area (Å²) >= 11 is 12.3. The number of anilines is 1. The first kappa shape index (κ1) is 27.4. The Morgan fingerprint density at radius 1 is 1.03 bits per heavy atom. The quantitative estimate of drug-likeness (QED) is 0.122. The van der Waals surface area contributed by atoms with Crippen molar-refractivity contribution in [3.05, 3.63) is 95.9 Å². The lowest BCUT2D eigenvalue weighted by Gasteiger charge is -2.26. The van der Waals surface area contributed by atoms with Crippen LogP contribution in [-0.2, 0) is 19.7 Å². The van der Waals surface area contributed by atoms with Crippen molar-refractivity contribution in [3.8, 4) is 5.75 Å². The van der Waals surface area contributed by atoms with E-state index in [9.17, 15) is 32.9 Å². The number of halogens is 3. The fraction of sp³-hybridized carbons (Fsp3) is 0. The molecule has 4 rings (SSSR count).